The third-order valence-corrected chi connectivity index (χ3v) is 3.01. The number of amides is 3. The number of nitrogens with two attached hydrogens (primary N) is 1. The van der Waals surface area contributed by atoms with E-state index in [9.17, 15) is 14.4 Å². The van der Waals surface area contributed by atoms with Crippen molar-refractivity contribution < 1.29 is 24.2 Å². The summed E-state index contributed by atoms with van der Waals surface area (Å²) in [5.41, 5.74) is 5.75. The molecule has 1 aliphatic heterocycles. The molecule has 1 aliphatic rings. The molecule has 8 nitrogen and oxygen atoms in total. The lowest BCUT2D eigenvalue weighted by Gasteiger charge is -2.16. The Morgan fingerprint density at radius 2 is 2.10 bits per heavy atom. The van der Waals surface area contributed by atoms with Crippen molar-refractivity contribution in [1.29, 1.82) is 0 Å². The molecule has 0 aliphatic carbocycles. The van der Waals surface area contributed by atoms with Crippen LogP contribution in [0.4, 0.5) is 4.79 Å². The number of aliphatic carboxylic acids is 1. The zero-order valence-electron chi connectivity index (χ0n) is 11.0. The SMILES string of the molecule is NC(=O)C[C@H](NC(=O)NC1COc2ccccc21)C(=O)O. The van der Waals surface area contributed by atoms with Crippen LogP contribution in [0.5, 0.6) is 5.75 Å². The second-order valence-electron chi connectivity index (χ2n) is 4.58. The summed E-state index contributed by atoms with van der Waals surface area (Å²) >= 11 is 0. The molecule has 0 fully saturated rings. The molecule has 2 rings (SSSR count). The summed E-state index contributed by atoms with van der Waals surface area (Å²) in [7, 11) is 0. The maximum Gasteiger partial charge on any atom is 0.326 e. The van der Waals surface area contributed by atoms with E-state index in [0.29, 0.717) is 5.75 Å². The van der Waals surface area contributed by atoms with Gasteiger partial charge < -0.3 is 26.2 Å². The van der Waals surface area contributed by atoms with E-state index < -0.39 is 30.4 Å². The first kappa shape index (κ1) is 14.6. The summed E-state index contributed by atoms with van der Waals surface area (Å²) < 4.78 is 5.40. The Hall–Kier alpha value is -2.77. The second kappa shape index (κ2) is 6.12. The summed E-state index contributed by atoms with van der Waals surface area (Å²) in [6, 6.07) is 4.79. The van der Waals surface area contributed by atoms with Crippen molar-refractivity contribution in [2.24, 2.45) is 5.73 Å². The Bertz CT molecular complexity index is 575. The highest BCUT2D eigenvalue weighted by molar-refractivity contribution is 5.87. The minimum absolute atomic E-state index is 0.264. The van der Waals surface area contributed by atoms with E-state index in [0.717, 1.165) is 5.56 Å². The predicted molar refractivity (Wildman–Crippen MR) is 71.6 cm³/mol. The Kier molecular flexibility index (Phi) is 4.27. The van der Waals surface area contributed by atoms with Crippen molar-refractivity contribution in [1.82, 2.24) is 10.6 Å². The van der Waals surface area contributed by atoms with Gasteiger partial charge in [0.2, 0.25) is 5.91 Å². The van der Waals surface area contributed by atoms with Gasteiger partial charge in [0.15, 0.2) is 0 Å². The van der Waals surface area contributed by atoms with Gasteiger partial charge in [-0.05, 0) is 6.07 Å². The third-order valence-electron chi connectivity index (χ3n) is 3.01. The van der Waals surface area contributed by atoms with Crippen LogP contribution in [0.15, 0.2) is 24.3 Å². The van der Waals surface area contributed by atoms with Gasteiger partial charge in [0, 0.05) is 5.56 Å². The minimum Gasteiger partial charge on any atom is -0.491 e. The van der Waals surface area contributed by atoms with E-state index in [-0.39, 0.29) is 12.6 Å². The molecule has 2 atom stereocenters. The zero-order chi connectivity index (χ0) is 15.4. The van der Waals surface area contributed by atoms with Gasteiger partial charge in [-0.25, -0.2) is 9.59 Å². The lowest BCUT2D eigenvalue weighted by molar-refractivity contribution is -0.140. The van der Waals surface area contributed by atoms with Crippen LogP contribution in [0.25, 0.3) is 0 Å². The lowest BCUT2D eigenvalue weighted by Crippen LogP contribution is -2.48. The third kappa shape index (κ3) is 3.62. The molecule has 112 valence electrons. The molecular weight excluding hydrogens is 278 g/mol. The molecule has 0 spiro atoms. The molecule has 3 amide bonds. The molecule has 0 radical (unpaired) electrons. The van der Waals surface area contributed by atoms with Gasteiger partial charge in [-0.15, -0.1) is 0 Å². The highest BCUT2D eigenvalue weighted by Gasteiger charge is 2.27. The van der Waals surface area contributed by atoms with Crippen molar-refractivity contribution in [3.8, 4) is 5.75 Å². The predicted octanol–water partition coefficient (Wildman–Crippen LogP) is -0.252. The molecule has 0 saturated carbocycles. The van der Waals surface area contributed by atoms with Crippen LogP contribution >= 0.6 is 0 Å². The molecule has 0 saturated heterocycles. The zero-order valence-corrected chi connectivity index (χ0v) is 11.0. The molecule has 21 heavy (non-hydrogen) atoms. The average Bonchev–Trinajstić information content (AvgIpc) is 2.81. The number of fused-ring (bicyclic) bond motifs is 1. The number of carbonyl (C=O) groups excluding carboxylic acids is 2. The fraction of sp³-hybridized carbons (Fsp3) is 0.308. The van der Waals surface area contributed by atoms with E-state index in [2.05, 4.69) is 10.6 Å². The number of primary amides is 1. The number of nitrogens with one attached hydrogen (secondary N) is 2. The van der Waals surface area contributed by atoms with Crippen LogP contribution < -0.4 is 21.1 Å². The first-order valence-corrected chi connectivity index (χ1v) is 6.27. The summed E-state index contributed by atoms with van der Waals surface area (Å²) in [4.78, 5) is 33.5. The number of carboxylic acid groups (broad SMARTS) is 1. The smallest absolute Gasteiger partial charge is 0.326 e. The summed E-state index contributed by atoms with van der Waals surface area (Å²) in [5.74, 6) is -1.46. The Morgan fingerprint density at radius 1 is 1.38 bits per heavy atom. The topological polar surface area (TPSA) is 131 Å². The van der Waals surface area contributed by atoms with Gasteiger partial charge in [-0.2, -0.15) is 0 Å². The van der Waals surface area contributed by atoms with Crippen LogP contribution in [-0.4, -0.2) is 35.7 Å². The monoisotopic (exact) mass is 293 g/mol. The molecule has 0 aromatic heterocycles. The fourth-order valence-electron chi connectivity index (χ4n) is 2.04. The molecule has 5 N–H and O–H groups in total. The normalized spacial score (nSPS) is 17.2. The lowest BCUT2D eigenvalue weighted by atomic mass is 10.1. The van der Waals surface area contributed by atoms with E-state index in [1.807, 2.05) is 18.2 Å². The maximum absolute atomic E-state index is 11.8. The number of urea groups is 1. The molecule has 1 unspecified atom stereocenters. The maximum atomic E-state index is 11.8. The van der Waals surface area contributed by atoms with E-state index in [4.69, 9.17) is 15.6 Å². The average molecular weight is 293 g/mol. The summed E-state index contributed by atoms with van der Waals surface area (Å²) in [6.07, 6.45) is -0.472. The largest absolute Gasteiger partial charge is 0.491 e. The van der Waals surface area contributed by atoms with E-state index in [1.165, 1.54) is 0 Å². The van der Waals surface area contributed by atoms with Crippen LogP contribution in [0.2, 0.25) is 0 Å². The highest BCUT2D eigenvalue weighted by Crippen LogP contribution is 2.31. The number of hydrogen-bond acceptors (Lipinski definition) is 4. The van der Waals surface area contributed by atoms with Crippen LogP contribution in [0, 0.1) is 0 Å². The van der Waals surface area contributed by atoms with E-state index in [1.54, 1.807) is 6.07 Å². The van der Waals surface area contributed by atoms with Gasteiger partial charge in [-0.1, -0.05) is 18.2 Å². The summed E-state index contributed by atoms with van der Waals surface area (Å²) in [5, 5.41) is 13.7. The van der Waals surface area contributed by atoms with Crippen LogP contribution in [0.3, 0.4) is 0 Å². The molecular formula is C13H15N3O5. The number of benzene rings is 1. The standard InChI is InChI=1S/C13H15N3O5/c14-11(17)5-8(12(18)19)15-13(20)16-9-6-21-10-4-2-1-3-7(9)10/h1-4,8-9H,5-6H2,(H2,14,17)(H,18,19)(H2,15,16,20)/t8-,9?/m0/s1. The van der Waals surface area contributed by atoms with Crippen molar-refractivity contribution in [3.63, 3.8) is 0 Å². The molecule has 1 heterocycles. The quantitative estimate of drug-likeness (QED) is 0.594. The van der Waals surface area contributed by atoms with Gasteiger partial charge >= 0.3 is 12.0 Å². The first-order valence-electron chi connectivity index (χ1n) is 6.27. The fourth-order valence-corrected chi connectivity index (χ4v) is 2.04. The number of carboxylic acids is 1. The van der Waals surface area contributed by atoms with Gasteiger partial charge in [0.05, 0.1) is 12.5 Å². The number of carbonyl (C=O) groups is 3. The first-order chi connectivity index (χ1) is 9.97. The second-order valence-corrected chi connectivity index (χ2v) is 4.58. The number of rotatable bonds is 5. The Labute approximate surface area is 120 Å². The summed E-state index contributed by atoms with van der Waals surface area (Å²) in [6.45, 7) is 0.264. The number of hydrogen-bond donors (Lipinski definition) is 4. The van der Waals surface area contributed by atoms with Crippen molar-refractivity contribution in [2.75, 3.05) is 6.61 Å². The Morgan fingerprint density at radius 3 is 2.76 bits per heavy atom. The van der Waals surface area contributed by atoms with Crippen molar-refractivity contribution in [2.45, 2.75) is 18.5 Å². The molecule has 0 bridgehead atoms. The molecule has 1 aromatic rings. The van der Waals surface area contributed by atoms with Crippen molar-refractivity contribution in [3.05, 3.63) is 29.8 Å². The van der Waals surface area contributed by atoms with Crippen molar-refractivity contribution >= 4 is 17.9 Å². The van der Waals surface area contributed by atoms with Crippen LogP contribution in [-0.2, 0) is 9.59 Å². The van der Waals surface area contributed by atoms with Crippen LogP contribution in [0.1, 0.15) is 18.0 Å². The Balaban J connectivity index is 1.96. The van der Waals surface area contributed by atoms with E-state index >= 15 is 0 Å². The van der Waals surface area contributed by atoms with Gasteiger partial charge in [0.1, 0.15) is 18.4 Å². The molecule has 1 aromatic carbocycles. The highest BCUT2D eigenvalue weighted by atomic mass is 16.5. The number of para-hydroxylation sites is 1. The molecule has 8 heteroatoms. The van der Waals surface area contributed by atoms with Gasteiger partial charge in [0.25, 0.3) is 0 Å². The van der Waals surface area contributed by atoms with Gasteiger partial charge in [-0.3, -0.25) is 4.79 Å². The minimum atomic E-state index is -1.36. The number of ether oxygens (including phenoxy) is 1.